The molecule has 5 aliphatic rings. The first-order valence-electron chi connectivity index (χ1n) is 9.81. The summed E-state index contributed by atoms with van der Waals surface area (Å²) in [4.78, 5) is 34.7. The van der Waals surface area contributed by atoms with Gasteiger partial charge in [-0.1, -0.05) is 0 Å². The van der Waals surface area contributed by atoms with Gasteiger partial charge in [0.05, 0.1) is 6.61 Å². The van der Waals surface area contributed by atoms with E-state index in [2.05, 4.69) is 4.74 Å². The van der Waals surface area contributed by atoms with Crippen LogP contribution in [0.25, 0.3) is 0 Å². The summed E-state index contributed by atoms with van der Waals surface area (Å²) in [5.74, 6) is -4.49. The van der Waals surface area contributed by atoms with Crippen LogP contribution in [0.1, 0.15) is 45.4 Å². The predicted octanol–water partition coefficient (Wildman–Crippen LogP) is 3.21. The molecule has 1 aliphatic heterocycles. The number of esters is 1. The first kappa shape index (κ1) is 20.2. The van der Waals surface area contributed by atoms with Gasteiger partial charge in [0.25, 0.3) is 0 Å². The van der Waals surface area contributed by atoms with E-state index in [0.717, 1.165) is 19.3 Å². The number of alkyl halides is 2. The quantitative estimate of drug-likeness (QED) is 0.479. The van der Waals surface area contributed by atoms with Gasteiger partial charge in [-0.2, -0.15) is 8.78 Å². The summed E-state index contributed by atoms with van der Waals surface area (Å²) >= 11 is 0. The Morgan fingerprint density at radius 2 is 1.86 bits per heavy atom. The molecule has 1 heterocycles. The molecule has 29 heavy (non-hydrogen) atoms. The summed E-state index contributed by atoms with van der Waals surface area (Å²) in [6.07, 6.45) is 2.02. The molecule has 0 N–H and O–H groups in total. The Morgan fingerprint density at radius 3 is 2.45 bits per heavy atom. The third-order valence-corrected chi connectivity index (χ3v) is 6.33. The van der Waals surface area contributed by atoms with Crippen molar-refractivity contribution in [3.8, 4) is 0 Å². The fourth-order valence-corrected chi connectivity index (χ4v) is 5.81. The topological polar surface area (TPSA) is 97.4 Å². The predicted molar refractivity (Wildman–Crippen MR) is 90.1 cm³/mol. The number of ether oxygens (including phenoxy) is 5. The van der Waals surface area contributed by atoms with Crippen molar-refractivity contribution in [1.82, 2.24) is 0 Å². The van der Waals surface area contributed by atoms with Gasteiger partial charge in [-0.25, -0.2) is 14.4 Å². The molecule has 8 nitrogen and oxygen atoms in total. The van der Waals surface area contributed by atoms with Crippen molar-refractivity contribution < 1.29 is 46.8 Å². The lowest BCUT2D eigenvalue weighted by molar-refractivity contribution is -0.201. The van der Waals surface area contributed by atoms with Gasteiger partial charge in [-0.15, -0.1) is 0 Å². The third kappa shape index (κ3) is 4.25. The third-order valence-electron chi connectivity index (χ3n) is 6.33. The van der Waals surface area contributed by atoms with E-state index < -0.39 is 41.3 Å². The zero-order valence-corrected chi connectivity index (χ0v) is 16.1. The molecule has 0 aromatic carbocycles. The highest BCUT2D eigenvalue weighted by Gasteiger charge is 2.60. The van der Waals surface area contributed by atoms with Crippen LogP contribution in [0.3, 0.4) is 0 Å². The van der Waals surface area contributed by atoms with E-state index in [1.165, 1.54) is 0 Å². The zero-order valence-electron chi connectivity index (χ0n) is 16.1. The number of hydrogen-bond acceptors (Lipinski definition) is 8. The molecule has 5 rings (SSSR count). The summed E-state index contributed by atoms with van der Waals surface area (Å²) < 4.78 is 51.5. The van der Waals surface area contributed by atoms with E-state index in [0.29, 0.717) is 26.2 Å². The second kappa shape index (κ2) is 6.98. The minimum atomic E-state index is -3.53. The van der Waals surface area contributed by atoms with Crippen LogP contribution in [0, 0.1) is 17.3 Å². The minimum absolute atomic E-state index is 0.0119. The molecule has 0 radical (unpaired) electrons. The van der Waals surface area contributed by atoms with E-state index in [4.69, 9.17) is 18.9 Å². The number of halogens is 2. The van der Waals surface area contributed by atoms with Crippen LogP contribution in [0.2, 0.25) is 0 Å². The lowest BCUT2D eigenvalue weighted by Gasteiger charge is -2.60. The second-order valence-electron chi connectivity index (χ2n) is 9.07. The van der Waals surface area contributed by atoms with Gasteiger partial charge in [0, 0.05) is 12.3 Å². The van der Waals surface area contributed by atoms with Gasteiger partial charge >= 0.3 is 24.2 Å². The van der Waals surface area contributed by atoms with Crippen molar-refractivity contribution in [2.75, 3.05) is 19.8 Å². The Labute approximate surface area is 166 Å². The lowest BCUT2D eigenvalue weighted by Crippen LogP contribution is -2.59. The molecular formula is C19H24F2O8. The molecule has 10 heteroatoms. The summed E-state index contributed by atoms with van der Waals surface area (Å²) in [5.41, 5.74) is -1.20. The SMILES string of the molecule is CC(F)(F)C(=O)OCC12CC3CC(C1)CC(OC(=O)OCC1COC(=O)O1)(C3)C2. The highest BCUT2D eigenvalue weighted by molar-refractivity contribution is 5.76. The summed E-state index contributed by atoms with van der Waals surface area (Å²) in [6.45, 7) is 0.264. The zero-order chi connectivity index (χ0) is 20.9. The van der Waals surface area contributed by atoms with Crippen molar-refractivity contribution in [3.63, 3.8) is 0 Å². The van der Waals surface area contributed by atoms with E-state index >= 15 is 0 Å². The molecule has 5 fully saturated rings. The van der Waals surface area contributed by atoms with Crippen LogP contribution in [-0.4, -0.2) is 55.7 Å². The average molecular weight is 418 g/mol. The van der Waals surface area contributed by atoms with Gasteiger partial charge < -0.3 is 23.7 Å². The van der Waals surface area contributed by atoms with E-state index in [-0.39, 0.29) is 31.7 Å². The fraction of sp³-hybridized carbons (Fsp3) is 0.842. The molecular weight excluding hydrogens is 394 g/mol. The standard InChI is InChI=1S/C19H24F2O8/c1-17(20,21)14(22)27-10-18-3-11-2-12(4-18)6-19(5-11,9-18)29-16(24)26-8-13-7-25-15(23)28-13/h11-13H,2-10H2,1H3. The second-order valence-corrected chi connectivity index (χ2v) is 9.07. The molecule has 4 saturated carbocycles. The molecule has 0 aromatic heterocycles. The maximum atomic E-state index is 13.2. The van der Waals surface area contributed by atoms with Crippen LogP contribution in [-0.2, 0) is 28.5 Å². The van der Waals surface area contributed by atoms with E-state index in [1.54, 1.807) is 0 Å². The molecule has 4 aliphatic carbocycles. The lowest BCUT2D eigenvalue weighted by atomic mass is 9.48. The Kier molecular flexibility index (Phi) is 4.85. The van der Waals surface area contributed by atoms with Crippen LogP contribution < -0.4 is 0 Å². The highest BCUT2D eigenvalue weighted by Crippen LogP contribution is 2.63. The van der Waals surface area contributed by atoms with Gasteiger partial charge in [0.1, 0.15) is 18.8 Å². The smallest absolute Gasteiger partial charge is 0.461 e. The Morgan fingerprint density at radius 1 is 1.17 bits per heavy atom. The van der Waals surface area contributed by atoms with Crippen LogP contribution in [0.5, 0.6) is 0 Å². The number of carbonyl (C=O) groups is 3. The van der Waals surface area contributed by atoms with Crippen LogP contribution in [0.4, 0.5) is 18.4 Å². The fourth-order valence-electron chi connectivity index (χ4n) is 5.81. The Balaban J connectivity index is 1.37. The van der Waals surface area contributed by atoms with E-state index in [1.807, 2.05) is 0 Å². The molecule has 0 amide bonds. The van der Waals surface area contributed by atoms with Crippen molar-refractivity contribution >= 4 is 18.3 Å². The molecule has 0 aromatic rings. The van der Waals surface area contributed by atoms with Gasteiger partial charge in [-0.05, 0) is 50.4 Å². The van der Waals surface area contributed by atoms with Crippen molar-refractivity contribution in [2.45, 2.75) is 63.1 Å². The Hall–Kier alpha value is -2.13. The Bertz CT molecular complexity index is 689. The molecule has 162 valence electrons. The largest absolute Gasteiger partial charge is 0.508 e. The minimum Gasteiger partial charge on any atom is -0.461 e. The van der Waals surface area contributed by atoms with Crippen LogP contribution in [0.15, 0.2) is 0 Å². The van der Waals surface area contributed by atoms with Crippen molar-refractivity contribution in [3.05, 3.63) is 0 Å². The van der Waals surface area contributed by atoms with Crippen molar-refractivity contribution in [1.29, 1.82) is 0 Å². The number of hydrogen-bond donors (Lipinski definition) is 0. The summed E-state index contributed by atoms with van der Waals surface area (Å²) in [5, 5.41) is 0. The average Bonchev–Trinajstić information content (AvgIpc) is 3.01. The first-order chi connectivity index (χ1) is 13.6. The monoisotopic (exact) mass is 418 g/mol. The van der Waals surface area contributed by atoms with E-state index in [9.17, 15) is 23.2 Å². The van der Waals surface area contributed by atoms with Gasteiger partial charge in [0.15, 0.2) is 6.10 Å². The maximum Gasteiger partial charge on any atom is 0.508 e. The number of carbonyl (C=O) groups excluding carboxylic acids is 3. The maximum absolute atomic E-state index is 13.2. The summed E-state index contributed by atoms with van der Waals surface area (Å²) in [6, 6.07) is 0. The first-order valence-corrected chi connectivity index (χ1v) is 9.81. The molecule has 0 spiro atoms. The normalized spacial score (nSPS) is 37.6. The molecule has 3 atom stereocenters. The summed E-state index contributed by atoms with van der Waals surface area (Å²) in [7, 11) is 0. The van der Waals surface area contributed by atoms with Crippen LogP contribution >= 0.6 is 0 Å². The van der Waals surface area contributed by atoms with Gasteiger partial charge in [-0.3, -0.25) is 0 Å². The number of rotatable bonds is 6. The molecule has 1 saturated heterocycles. The number of cyclic esters (lactones) is 2. The highest BCUT2D eigenvalue weighted by atomic mass is 19.3. The van der Waals surface area contributed by atoms with Gasteiger partial charge in [0.2, 0.25) is 0 Å². The molecule has 4 bridgehead atoms. The van der Waals surface area contributed by atoms with Crippen molar-refractivity contribution in [2.24, 2.45) is 17.3 Å². The molecule has 3 unspecified atom stereocenters.